The molecule has 2 atom stereocenters. The number of hydrogen-bond acceptors (Lipinski definition) is 4. The maximum absolute atomic E-state index is 12.3. The summed E-state index contributed by atoms with van der Waals surface area (Å²) in [6.07, 6.45) is 3.69. The number of carbonyl (C=O) groups excluding carboxylic acids is 1. The van der Waals surface area contributed by atoms with E-state index in [2.05, 4.69) is 0 Å². The van der Waals surface area contributed by atoms with Gasteiger partial charge in [-0.2, -0.15) is 0 Å². The van der Waals surface area contributed by atoms with Gasteiger partial charge in [0.25, 0.3) is 0 Å². The van der Waals surface area contributed by atoms with Gasteiger partial charge in [0.05, 0.1) is 19.8 Å². The van der Waals surface area contributed by atoms with Crippen LogP contribution in [0.25, 0.3) is 0 Å². The van der Waals surface area contributed by atoms with Gasteiger partial charge in [0.15, 0.2) is 5.78 Å². The predicted octanol–water partition coefficient (Wildman–Crippen LogP) is 2.11. The molecule has 1 aliphatic rings. The van der Waals surface area contributed by atoms with E-state index >= 15 is 0 Å². The van der Waals surface area contributed by atoms with E-state index in [-0.39, 0.29) is 17.9 Å². The molecule has 1 aliphatic carbocycles. The Labute approximate surface area is 120 Å². The third-order valence-corrected chi connectivity index (χ3v) is 4.04. The molecule has 1 fully saturated rings. The number of likely N-dealkylation sites (N-methyl/N-ethyl adjacent to an activating group) is 1. The Morgan fingerprint density at radius 1 is 1.40 bits per heavy atom. The van der Waals surface area contributed by atoms with Gasteiger partial charge in [0.1, 0.15) is 5.75 Å². The van der Waals surface area contributed by atoms with Crippen LogP contribution >= 0.6 is 0 Å². The van der Waals surface area contributed by atoms with E-state index in [1.54, 1.807) is 19.2 Å². The Hall–Kier alpha value is -1.39. The first-order valence-corrected chi connectivity index (χ1v) is 7.17. The molecule has 0 bridgehead atoms. The van der Waals surface area contributed by atoms with E-state index in [1.807, 2.05) is 24.1 Å². The van der Waals surface area contributed by atoms with E-state index in [0.717, 1.165) is 25.7 Å². The molecule has 0 spiro atoms. The number of aliphatic hydroxyl groups excluding tert-OH is 1. The van der Waals surface area contributed by atoms with E-state index in [9.17, 15) is 9.90 Å². The van der Waals surface area contributed by atoms with Crippen LogP contribution in [0.3, 0.4) is 0 Å². The molecule has 4 nitrogen and oxygen atoms in total. The van der Waals surface area contributed by atoms with Crippen LogP contribution in [0.5, 0.6) is 5.75 Å². The van der Waals surface area contributed by atoms with Crippen molar-refractivity contribution in [2.45, 2.75) is 37.8 Å². The Bertz CT molecular complexity index is 461. The highest BCUT2D eigenvalue weighted by Crippen LogP contribution is 2.22. The van der Waals surface area contributed by atoms with Crippen molar-refractivity contribution in [3.8, 4) is 5.75 Å². The Morgan fingerprint density at radius 3 is 2.85 bits per heavy atom. The molecular formula is C16H23NO3. The van der Waals surface area contributed by atoms with Crippen molar-refractivity contribution in [1.82, 2.24) is 4.90 Å². The van der Waals surface area contributed by atoms with Crippen molar-refractivity contribution in [1.29, 1.82) is 0 Å². The van der Waals surface area contributed by atoms with Gasteiger partial charge in [-0.3, -0.25) is 9.69 Å². The Kier molecular flexibility index (Phi) is 5.15. The Balaban J connectivity index is 1.99. The maximum Gasteiger partial charge on any atom is 0.176 e. The monoisotopic (exact) mass is 277 g/mol. The average molecular weight is 277 g/mol. The predicted molar refractivity (Wildman–Crippen MR) is 78.2 cm³/mol. The summed E-state index contributed by atoms with van der Waals surface area (Å²) in [7, 11) is 3.51. The fourth-order valence-corrected chi connectivity index (χ4v) is 2.84. The van der Waals surface area contributed by atoms with Gasteiger partial charge in [-0.15, -0.1) is 0 Å². The molecule has 110 valence electrons. The van der Waals surface area contributed by atoms with Crippen molar-refractivity contribution >= 4 is 5.78 Å². The lowest BCUT2D eigenvalue weighted by Gasteiger charge is -2.34. The molecule has 2 unspecified atom stereocenters. The highest BCUT2D eigenvalue weighted by atomic mass is 16.5. The van der Waals surface area contributed by atoms with Gasteiger partial charge in [-0.25, -0.2) is 0 Å². The second kappa shape index (κ2) is 6.86. The lowest BCUT2D eigenvalue weighted by Crippen LogP contribution is -2.45. The van der Waals surface area contributed by atoms with Crippen LogP contribution in [0.1, 0.15) is 36.0 Å². The quantitative estimate of drug-likeness (QED) is 0.838. The van der Waals surface area contributed by atoms with Crippen molar-refractivity contribution in [2.75, 3.05) is 20.7 Å². The molecule has 0 aliphatic heterocycles. The van der Waals surface area contributed by atoms with Crippen LogP contribution in [0, 0.1) is 0 Å². The van der Waals surface area contributed by atoms with E-state index < -0.39 is 0 Å². The van der Waals surface area contributed by atoms with Crippen molar-refractivity contribution in [2.24, 2.45) is 0 Å². The molecule has 0 radical (unpaired) electrons. The molecule has 1 N–H and O–H groups in total. The van der Waals surface area contributed by atoms with Crippen LogP contribution in [0.2, 0.25) is 0 Å². The molecule has 1 aromatic rings. The van der Waals surface area contributed by atoms with E-state index in [0.29, 0.717) is 17.9 Å². The van der Waals surface area contributed by atoms with Crippen molar-refractivity contribution < 1.29 is 14.6 Å². The second-order valence-electron chi connectivity index (χ2n) is 5.49. The summed E-state index contributed by atoms with van der Waals surface area (Å²) in [6, 6.07) is 7.30. The highest BCUT2D eigenvalue weighted by Gasteiger charge is 2.27. The number of hydrogen-bond donors (Lipinski definition) is 1. The first-order chi connectivity index (χ1) is 9.61. The number of nitrogens with zero attached hydrogens (tertiary/aromatic N) is 1. The van der Waals surface area contributed by atoms with Gasteiger partial charge in [-0.1, -0.05) is 25.0 Å². The van der Waals surface area contributed by atoms with Gasteiger partial charge < -0.3 is 9.84 Å². The number of carbonyl (C=O) groups is 1. The molecule has 1 saturated carbocycles. The molecule has 0 aromatic heterocycles. The Morgan fingerprint density at radius 2 is 2.15 bits per heavy atom. The molecule has 0 amide bonds. The zero-order valence-corrected chi connectivity index (χ0v) is 12.2. The molecule has 2 rings (SSSR count). The zero-order valence-electron chi connectivity index (χ0n) is 12.2. The number of benzene rings is 1. The minimum Gasteiger partial charge on any atom is -0.497 e. The third kappa shape index (κ3) is 3.58. The number of aliphatic hydroxyl groups is 1. The minimum atomic E-state index is -0.313. The van der Waals surface area contributed by atoms with E-state index in [4.69, 9.17) is 4.74 Å². The molecule has 0 saturated heterocycles. The van der Waals surface area contributed by atoms with Gasteiger partial charge >= 0.3 is 0 Å². The average Bonchev–Trinajstić information content (AvgIpc) is 2.47. The van der Waals surface area contributed by atoms with Gasteiger partial charge in [0, 0.05) is 11.6 Å². The zero-order chi connectivity index (χ0) is 14.5. The van der Waals surface area contributed by atoms with Gasteiger partial charge in [0.2, 0.25) is 0 Å². The van der Waals surface area contributed by atoms with Crippen LogP contribution in [0.4, 0.5) is 0 Å². The topological polar surface area (TPSA) is 49.8 Å². The van der Waals surface area contributed by atoms with E-state index in [1.165, 1.54) is 0 Å². The third-order valence-electron chi connectivity index (χ3n) is 4.04. The molecular weight excluding hydrogens is 254 g/mol. The first-order valence-electron chi connectivity index (χ1n) is 7.17. The fourth-order valence-electron chi connectivity index (χ4n) is 2.84. The lowest BCUT2D eigenvalue weighted by molar-refractivity contribution is 0.0322. The summed E-state index contributed by atoms with van der Waals surface area (Å²) in [5.74, 6) is 0.750. The first kappa shape index (κ1) is 15.0. The fraction of sp³-hybridized carbons (Fsp3) is 0.562. The molecule has 4 heteroatoms. The normalized spacial score (nSPS) is 22.8. The summed E-state index contributed by atoms with van der Waals surface area (Å²) < 4.78 is 5.14. The number of methoxy groups -OCH3 is 1. The summed E-state index contributed by atoms with van der Waals surface area (Å²) in [4.78, 5) is 14.3. The number of ketones is 1. The van der Waals surface area contributed by atoms with Crippen LogP contribution in [0.15, 0.2) is 24.3 Å². The van der Waals surface area contributed by atoms with Gasteiger partial charge in [-0.05, 0) is 32.0 Å². The summed E-state index contributed by atoms with van der Waals surface area (Å²) >= 11 is 0. The summed E-state index contributed by atoms with van der Waals surface area (Å²) in [5.41, 5.74) is 0.654. The molecule has 20 heavy (non-hydrogen) atoms. The van der Waals surface area contributed by atoms with Crippen molar-refractivity contribution in [3.63, 3.8) is 0 Å². The molecule has 1 aromatic carbocycles. The maximum atomic E-state index is 12.3. The van der Waals surface area contributed by atoms with Crippen LogP contribution < -0.4 is 4.74 Å². The second-order valence-corrected chi connectivity index (χ2v) is 5.49. The molecule has 0 heterocycles. The minimum absolute atomic E-state index is 0.0594. The summed E-state index contributed by atoms with van der Waals surface area (Å²) in [5, 5.41) is 10.0. The summed E-state index contributed by atoms with van der Waals surface area (Å²) in [6.45, 7) is 0.328. The number of ether oxygens (including phenoxy) is 1. The SMILES string of the molecule is COc1cccc(C(=O)CN(C)C2CCCCC2O)c1. The van der Waals surface area contributed by atoms with Crippen molar-refractivity contribution in [3.05, 3.63) is 29.8 Å². The lowest BCUT2D eigenvalue weighted by atomic mass is 9.91. The van der Waals surface area contributed by atoms with Crippen LogP contribution in [-0.2, 0) is 0 Å². The largest absolute Gasteiger partial charge is 0.497 e. The standard InChI is InChI=1S/C16H23NO3/c1-17(14-8-3-4-9-15(14)18)11-16(19)12-6-5-7-13(10-12)20-2/h5-7,10,14-15,18H,3-4,8-9,11H2,1-2H3. The smallest absolute Gasteiger partial charge is 0.176 e. The highest BCUT2D eigenvalue weighted by molar-refractivity contribution is 5.97. The van der Waals surface area contributed by atoms with Crippen LogP contribution in [-0.4, -0.2) is 48.6 Å². The number of rotatable bonds is 5. The number of Topliss-reactive ketones (excluding diaryl/α,β-unsaturated/α-hetero) is 1.